The van der Waals surface area contributed by atoms with Crippen LogP contribution in [0.1, 0.15) is 19.4 Å². The molecular formula is C24H23ClN2O3. The van der Waals surface area contributed by atoms with Crippen LogP contribution in [0.4, 0.5) is 11.4 Å². The Morgan fingerprint density at radius 2 is 1.40 bits per heavy atom. The quantitative estimate of drug-likeness (QED) is 0.541. The minimum Gasteiger partial charge on any atom is -0.478 e. The molecule has 30 heavy (non-hydrogen) atoms. The maximum Gasteiger partial charge on any atom is 0.267 e. The predicted molar refractivity (Wildman–Crippen MR) is 120 cm³/mol. The Morgan fingerprint density at radius 3 is 2.00 bits per heavy atom. The third-order valence-electron chi connectivity index (χ3n) is 4.37. The molecule has 2 amide bonds. The summed E-state index contributed by atoms with van der Waals surface area (Å²) in [7, 11) is 0. The molecule has 0 spiro atoms. The molecule has 2 N–H and O–H groups in total. The highest BCUT2D eigenvalue weighted by molar-refractivity contribution is 6.30. The Kier molecular flexibility index (Phi) is 6.75. The number of ether oxygens (including phenoxy) is 1. The zero-order valence-electron chi connectivity index (χ0n) is 16.8. The van der Waals surface area contributed by atoms with E-state index < -0.39 is 5.60 Å². The summed E-state index contributed by atoms with van der Waals surface area (Å²) >= 11 is 5.88. The molecule has 0 heterocycles. The van der Waals surface area contributed by atoms with Crippen molar-refractivity contribution in [3.05, 3.63) is 89.4 Å². The molecule has 0 bridgehead atoms. The molecule has 3 aromatic carbocycles. The van der Waals surface area contributed by atoms with Crippen LogP contribution in [0.2, 0.25) is 5.02 Å². The third kappa shape index (κ3) is 6.09. The van der Waals surface area contributed by atoms with E-state index in [9.17, 15) is 9.59 Å². The minimum atomic E-state index is -1.09. The van der Waals surface area contributed by atoms with E-state index in [1.165, 1.54) is 0 Å². The van der Waals surface area contributed by atoms with Crippen LogP contribution < -0.4 is 15.4 Å². The van der Waals surface area contributed by atoms with Gasteiger partial charge in [0.15, 0.2) is 5.60 Å². The molecular weight excluding hydrogens is 400 g/mol. The second-order valence-corrected chi connectivity index (χ2v) is 7.74. The summed E-state index contributed by atoms with van der Waals surface area (Å²) in [5.74, 6) is 0.157. The maximum absolute atomic E-state index is 12.6. The first-order valence-electron chi connectivity index (χ1n) is 9.52. The highest BCUT2D eigenvalue weighted by atomic mass is 35.5. The van der Waals surface area contributed by atoms with Gasteiger partial charge in [-0.3, -0.25) is 9.59 Å². The van der Waals surface area contributed by atoms with Crippen molar-refractivity contribution in [2.24, 2.45) is 0 Å². The van der Waals surface area contributed by atoms with Gasteiger partial charge in [0.2, 0.25) is 5.91 Å². The van der Waals surface area contributed by atoms with Crippen molar-refractivity contribution in [1.29, 1.82) is 0 Å². The summed E-state index contributed by atoms with van der Waals surface area (Å²) in [5.41, 5.74) is 1.12. The van der Waals surface area contributed by atoms with Crippen LogP contribution in [0.5, 0.6) is 5.75 Å². The van der Waals surface area contributed by atoms with Gasteiger partial charge in [0, 0.05) is 16.4 Å². The van der Waals surface area contributed by atoms with Crippen LogP contribution in [0.25, 0.3) is 0 Å². The van der Waals surface area contributed by atoms with Crippen LogP contribution in [0.15, 0.2) is 78.9 Å². The second-order valence-electron chi connectivity index (χ2n) is 7.31. The first-order valence-corrected chi connectivity index (χ1v) is 9.89. The van der Waals surface area contributed by atoms with Crippen LogP contribution in [0.3, 0.4) is 0 Å². The average molecular weight is 423 g/mol. The largest absolute Gasteiger partial charge is 0.478 e. The number of rotatable bonds is 7. The Morgan fingerprint density at radius 1 is 0.833 bits per heavy atom. The Hall–Kier alpha value is -3.31. The van der Waals surface area contributed by atoms with Crippen molar-refractivity contribution in [1.82, 2.24) is 0 Å². The summed E-state index contributed by atoms with van der Waals surface area (Å²) in [5, 5.41) is 6.28. The monoisotopic (exact) mass is 422 g/mol. The number of amides is 2. The Labute approximate surface area is 181 Å². The molecule has 0 saturated carbocycles. The molecule has 0 fully saturated rings. The summed E-state index contributed by atoms with van der Waals surface area (Å²) in [6, 6.07) is 23.3. The van der Waals surface area contributed by atoms with Crippen molar-refractivity contribution in [3.8, 4) is 5.75 Å². The molecule has 6 heteroatoms. The highest BCUT2D eigenvalue weighted by Crippen LogP contribution is 2.22. The number of carbonyl (C=O) groups is 2. The topological polar surface area (TPSA) is 67.4 Å². The van der Waals surface area contributed by atoms with Gasteiger partial charge in [0.05, 0.1) is 6.42 Å². The van der Waals surface area contributed by atoms with E-state index in [-0.39, 0.29) is 11.8 Å². The average Bonchev–Trinajstić information content (AvgIpc) is 2.71. The molecule has 0 aromatic heterocycles. The number of anilines is 2. The van der Waals surface area contributed by atoms with Crippen LogP contribution in [-0.4, -0.2) is 17.4 Å². The second kappa shape index (κ2) is 9.46. The number of hydrogen-bond acceptors (Lipinski definition) is 3. The summed E-state index contributed by atoms with van der Waals surface area (Å²) in [6.07, 6.45) is 0.301. The van der Waals surface area contributed by atoms with E-state index in [2.05, 4.69) is 10.6 Å². The number of halogens is 1. The van der Waals surface area contributed by atoms with E-state index >= 15 is 0 Å². The molecule has 0 atom stereocenters. The fourth-order valence-corrected chi connectivity index (χ4v) is 2.87. The molecule has 0 aliphatic rings. The molecule has 5 nitrogen and oxygen atoms in total. The zero-order chi connectivity index (χ0) is 21.6. The lowest BCUT2D eigenvalue weighted by Crippen LogP contribution is -2.42. The van der Waals surface area contributed by atoms with Gasteiger partial charge >= 0.3 is 0 Å². The molecule has 0 unspecified atom stereocenters. The van der Waals surface area contributed by atoms with Crippen molar-refractivity contribution >= 4 is 34.8 Å². The van der Waals surface area contributed by atoms with Crippen LogP contribution >= 0.6 is 11.6 Å². The number of benzene rings is 3. The van der Waals surface area contributed by atoms with Gasteiger partial charge < -0.3 is 15.4 Å². The Balaban J connectivity index is 1.55. The van der Waals surface area contributed by atoms with E-state index in [0.29, 0.717) is 28.6 Å². The zero-order valence-corrected chi connectivity index (χ0v) is 17.6. The van der Waals surface area contributed by atoms with Gasteiger partial charge in [-0.15, -0.1) is 0 Å². The standard InChI is InChI=1S/C24H23ClN2O3/c1-24(2,30-21-14-8-18(25)9-15-21)23(29)27-20-12-10-19(11-13-20)26-22(28)16-17-6-4-3-5-7-17/h3-15H,16H2,1-2H3,(H,26,28)(H,27,29). The minimum absolute atomic E-state index is 0.101. The number of hydrogen-bond donors (Lipinski definition) is 2. The lowest BCUT2D eigenvalue weighted by atomic mass is 10.1. The van der Waals surface area contributed by atoms with Gasteiger partial charge in [-0.05, 0) is 67.9 Å². The van der Waals surface area contributed by atoms with Crippen molar-refractivity contribution in [2.45, 2.75) is 25.9 Å². The van der Waals surface area contributed by atoms with Gasteiger partial charge in [-0.2, -0.15) is 0 Å². The van der Waals surface area contributed by atoms with E-state index in [1.54, 1.807) is 62.4 Å². The van der Waals surface area contributed by atoms with Gasteiger partial charge in [0.1, 0.15) is 5.75 Å². The lowest BCUT2D eigenvalue weighted by Gasteiger charge is -2.25. The highest BCUT2D eigenvalue weighted by Gasteiger charge is 2.30. The molecule has 154 valence electrons. The fraction of sp³-hybridized carbons (Fsp3) is 0.167. The summed E-state index contributed by atoms with van der Waals surface area (Å²) in [4.78, 5) is 24.8. The molecule has 3 rings (SSSR count). The third-order valence-corrected chi connectivity index (χ3v) is 4.62. The van der Waals surface area contributed by atoms with Gasteiger partial charge in [-0.25, -0.2) is 0 Å². The first-order chi connectivity index (χ1) is 14.3. The summed E-state index contributed by atoms with van der Waals surface area (Å²) in [6.45, 7) is 3.38. The SMILES string of the molecule is CC(C)(Oc1ccc(Cl)cc1)C(=O)Nc1ccc(NC(=O)Cc2ccccc2)cc1. The number of nitrogens with one attached hydrogen (secondary N) is 2. The lowest BCUT2D eigenvalue weighted by molar-refractivity contribution is -0.128. The summed E-state index contributed by atoms with van der Waals surface area (Å²) < 4.78 is 5.80. The van der Waals surface area contributed by atoms with Crippen molar-refractivity contribution in [2.75, 3.05) is 10.6 Å². The smallest absolute Gasteiger partial charge is 0.267 e. The molecule has 0 saturated heterocycles. The first kappa shape index (κ1) is 21.4. The number of carbonyl (C=O) groups excluding carboxylic acids is 2. The Bertz CT molecular complexity index is 1000. The predicted octanol–water partition coefficient (Wildman–Crippen LogP) is 5.32. The molecule has 0 aliphatic carbocycles. The normalized spacial score (nSPS) is 10.9. The van der Waals surface area contributed by atoms with Crippen molar-refractivity contribution in [3.63, 3.8) is 0 Å². The molecule has 0 aliphatic heterocycles. The fourth-order valence-electron chi connectivity index (χ4n) is 2.75. The van der Waals surface area contributed by atoms with Gasteiger partial charge in [-0.1, -0.05) is 41.9 Å². The molecule has 0 radical (unpaired) electrons. The molecule has 3 aromatic rings. The van der Waals surface area contributed by atoms with Crippen molar-refractivity contribution < 1.29 is 14.3 Å². The van der Waals surface area contributed by atoms with Gasteiger partial charge in [0.25, 0.3) is 5.91 Å². The van der Waals surface area contributed by atoms with E-state index in [1.807, 2.05) is 30.3 Å². The van der Waals surface area contributed by atoms with Crippen LogP contribution in [-0.2, 0) is 16.0 Å². The van der Waals surface area contributed by atoms with Crippen LogP contribution in [0, 0.1) is 0 Å². The maximum atomic E-state index is 12.6. The van der Waals surface area contributed by atoms with E-state index in [4.69, 9.17) is 16.3 Å². The van der Waals surface area contributed by atoms with E-state index in [0.717, 1.165) is 5.56 Å².